The number of hydrogen-bond donors (Lipinski definition) is 2. The summed E-state index contributed by atoms with van der Waals surface area (Å²) in [6, 6.07) is 7.56. The van der Waals surface area contributed by atoms with Crippen molar-refractivity contribution in [2.75, 3.05) is 14.2 Å². The van der Waals surface area contributed by atoms with Gasteiger partial charge in [0.25, 0.3) is 5.91 Å². The molecule has 7 heteroatoms. The molecule has 7 nitrogen and oxygen atoms in total. The highest BCUT2D eigenvalue weighted by atomic mass is 16.6. The normalized spacial score (nSPS) is 18.4. The van der Waals surface area contributed by atoms with Crippen LogP contribution in [0.5, 0.6) is 5.75 Å². The Balaban J connectivity index is 1.88. The Labute approximate surface area is 143 Å². The molecule has 2 N–H and O–H groups in total. The Kier molecular flexibility index (Phi) is 3.54. The summed E-state index contributed by atoms with van der Waals surface area (Å²) in [5, 5.41) is 0.933. The molecule has 1 spiro atoms. The lowest BCUT2D eigenvalue weighted by Crippen LogP contribution is -2.39. The van der Waals surface area contributed by atoms with Crippen molar-refractivity contribution in [2.45, 2.75) is 24.9 Å². The minimum atomic E-state index is -0.720. The molecule has 1 aromatic carbocycles. The van der Waals surface area contributed by atoms with Crippen molar-refractivity contribution in [1.82, 2.24) is 10.5 Å². The van der Waals surface area contributed by atoms with Crippen molar-refractivity contribution in [3.63, 3.8) is 0 Å². The van der Waals surface area contributed by atoms with E-state index in [9.17, 15) is 9.59 Å². The van der Waals surface area contributed by atoms with Gasteiger partial charge in [0, 0.05) is 22.2 Å². The molecule has 1 amide bonds. The first-order chi connectivity index (χ1) is 12.1. The average molecular weight is 342 g/mol. The molecule has 25 heavy (non-hydrogen) atoms. The number of aromatic nitrogens is 1. The Morgan fingerprint density at radius 1 is 1.28 bits per heavy atom. The van der Waals surface area contributed by atoms with E-state index in [1.807, 2.05) is 24.3 Å². The van der Waals surface area contributed by atoms with Crippen molar-refractivity contribution in [3.8, 4) is 5.75 Å². The molecule has 1 saturated carbocycles. The number of esters is 1. The monoisotopic (exact) mass is 342 g/mol. The fraction of sp³-hybridized carbons (Fsp3) is 0.333. The SMILES string of the molecule is CONC(=O)C1=C(c2cc3cc(OC)ccc3[nH]2)C2(CCC2)OC1=O. The Morgan fingerprint density at radius 3 is 2.72 bits per heavy atom. The number of carbonyl (C=O) groups excluding carboxylic acids is 2. The van der Waals surface area contributed by atoms with Crippen LogP contribution in [-0.4, -0.2) is 36.7 Å². The second-order valence-corrected chi connectivity index (χ2v) is 6.26. The number of carbonyl (C=O) groups is 2. The van der Waals surface area contributed by atoms with Crippen LogP contribution in [-0.2, 0) is 19.2 Å². The first-order valence-electron chi connectivity index (χ1n) is 8.06. The zero-order chi connectivity index (χ0) is 17.6. The second kappa shape index (κ2) is 5.63. The van der Waals surface area contributed by atoms with Gasteiger partial charge in [0.15, 0.2) is 0 Å². The molecule has 4 rings (SSSR count). The molecule has 1 aliphatic carbocycles. The van der Waals surface area contributed by atoms with Crippen molar-refractivity contribution >= 4 is 28.4 Å². The van der Waals surface area contributed by atoms with Gasteiger partial charge in [-0.2, -0.15) is 0 Å². The zero-order valence-electron chi connectivity index (χ0n) is 14.0. The summed E-state index contributed by atoms with van der Waals surface area (Å²) in [5.41, 5.74) is 3.71. The van der Waals surface area contributed by atoms with Gasteiger partial charge in [0.1, 0.15) is 16.9 Å². The van der Waals surface area contributed by atoms with Crippen LogP contribution in [0.1, 0.15) is 25.0 Å². The number of hydroxylamine groups is 1. The van der Waals surface area contributed by atoms with Crippen LogP contribution < -0.4 is 10.2 Å². The van der Waals surface area contributed by atoms with Gasteiger partial charge in [0.2, 0.25) is 0 Å². The van der Waals surface area contributed by atoms with Crippen LogP contribution in [0, 0.1) is 0 Å². The number of nitrogens with one attached hydrogen (secondary N) is 2. The number of methoxy groups -OCH3 is 1. The predicted octanol–water partition coefficient (Wildman–Crippen LogP) is 2.09. The van der Waals surface area contributed by atoms with Gasteiger partial charge in [-0.05, 0) is 43.5 Å². The third-order valence-electron chi connectivity index (χ3n) is 4.88. The molecule has 0 radical (unpaired) electrons. The lowest BCUT2D eigenvalue weighted by atomic mass is 9.73. The average Bonchev–Trinajstić information content (AvgIpc) is 3.11. The van der Waals surface area contributed by atoms with Crippen LogP contribution in [0.3, 0.4) is 0 Å². The molecule has 0 unspecified atom stereocenters. The smallest absolute Gasteiger partial charge is 0.345 e. The summed E-state index contributed by atoms with van der Waals surface area (Å²) in [6.07, 6.45) is 2.36. The van der Waals surface area contributed by atoms with E-state index in [0.29, 0.717) is 24.1 Å². The van der Waals surface area contributed by atoms with Crippen LogP contribution >= 0.6 is 0 Å². The fourth-order valence-corrected chi connectivity index (χ4v) is 3.56. The first-order valence-corrected chi connectivity index (χ1v) is 8.06. The Hall–Kier alpha value is -2.80. The van der Waals surface area contributed by atoms with E-state index in [4.69, 9.17) is 9.47 Å². The van der Waals surface area contributed by atoms with Crippen LogP contribution in [0.15, 0.2) is 29.8 Å². The van der Waals surface area contributed by atoms with Crippen molar-refractivity contribution in [1.29, 1.82) is 0 Å². The van der Waals surface area contributed by atoms with E-state index < -0.39 is 17.5 Å². The van der Waals surface area contributed by atoms with E-state index >= 15 is 0 Å². The van der Waals surface area contributed by atoms with Gasteiger partial charge in [-0.25, -0.2) is 10.3 Å². The number of fused-ring (bicyclic) bond motifs is 1. The quantitative estimate of drug-likeness (QED) is 0.504. The lowest BCUT2D eigenvalue weighted by molar-refractivity contribution is -0.152. The standard InChI is InChI=1S/C18H18N2O5/c1-23-11-4-5-12-10(8-11)9-13(19-12)15-14(16(21)20-24-2)17(22)25-18(15)6-3-7-18/h4-5,8-9,19H,3,6-7H2,1-2H3,(H,20,21). The molecule has 1 fully saturated rings. The third-order valence-corrected chi connectivity index (χ3v) is 4.88. The van der Waals surface area contributed by atoms with Crippen LogP contribution in [0.4, 0.5) is 0 Å². The van der Waals surface area contributed by atoms with Gasteiger partial charge in [-0.1, -0.05) is 0 Å². The van der Waals surface area contributed by atoms with E-state index in [1.165, 1.54) is 7.11 Å². The molecule has 2 aromatic rings. The highest BCUT2D eigenvalue weighted by Gasteiger charge is 2.54. The fourth-order valence-electron chi connectivity index (χ4n) is 3.56. The predicted molar refractivity (Wildman–Crippen MR) is 89.6 cm³/mol. The molecule has 1 aliphatic heterocycles. The molecule has 1 aromatic heterocycles. The largest absolute Gasteiger partial charge is 0.497 e. The summed E-state index contributed by atoms with van der Waals surface area (Å²) < 4.78 is 10.9. The number of rotatable bonds is 4. The number of ether oxygens (including phenoxy) is 2. The highest BCUT2D eigenvalue weighted by Crippen LogP contribution is 2.51. The second-order valence-electron chi connectivity index (χ2n) is 6.26. The minimum Gasteiger partial charge on any atom is -0.497 e. The van der Waals surface area contributed by atoms with E-state index in [-0.39, 0.29) is 5.57 Å². The highest BCUT2D eigenvalue weighted by molar-refractivity contribution is 6.25. The van der Waals surface area contributed by atoms with Gasteiger partial charge in [-0.3, -0.25) is 9.63 Å². The first kappa shape index (κ1) is 15.7. The summed E-state index contributed by atoms with van der Waals surface area (Å²) >= 11 is 0. The molecule has 2 aliphatic rings. The summed E-state index contributed by atoms with van der Waals surface area (Å²) in [7, 11) is 2.93. The maximum absolute atomic E-state index is 12.4. The van der Waals surface area contributed by atoms with E-state index in [0.717, 1.165) is 23.1 Å². The number of amides is 1. The van der Waals surface area contributed by atoms with Gasteiger partial charge in [0.05, 0.1) is 14.2 Å². The molecule has 130 valence electrons. The van der Waals surface area contributed by atoms with Crippen molar-refractivity contribution in [2.24, 2.45) is 0 Å². The Morgan fingerprint density at radius 2 is 2.08 bits per heavy atom. The Bertz CT molecular complexity index is 907. The maximum atomic E-state index is 12.4. The molecule has 0 atom stereocenters. The molecule has 0 bridgehead atoms. The van der Waals surface area contributed by atoms with E-state index in [1.54, 1.807) is 7.11 Å². The van der Waals surface area contributed by atoms with Gasteiger partial charge in [-0.15, -0.1) is 0 Å². The number of hydrogen-bond acceptors (Lipinski definition) is 5. The topological polar surface area (TPSA) is 89.7 Å². The van der Waals surface area contributed by atoms with Crippen LogP contribution in [0.2, 0.25) is 0 Å². The van der Waals surface area contributed by atoms with E-state index in [2.05, 4.69) is 15.3 Å². The summed E-state index contributed by atoms with van der Waals surface area (Å²) in [4.78, 5) is 32.7. The van der Waals surface area contributed by atoms with Gasteiger partial charge < -0.3 is 14.5 Å². The number of H-pyrrole nitrogens is 1. The molecular weight excluding hydrogens is 324 g/mol. The molecule has 0 saturated heterocycles. The maximum Gasteiger partial charge on any atom is 0.345 e. The number of aromatic amines is 1. The molecular formula is C18H18N2O5. The summed E-state index contributed by atoms with van der Waals surface area (Å²) in [6.45, 7) is 0. The van der Waals surface area contributed by atoms with Crippen molar-refractivity contribution < 1.29 is 23.9 Å². The summed E-state index contributed by atoms with van der Waals surface area (Å²) in [5.74, 6) is -0.468. The minimum absolute atomic E-state index is 0.0000658. The number of benzene rings is 1. The third kappa shape index (κ3) is 2.31. The van der Waals surface area contributed by atoms with Gasteiger partial charge >= 0.3 is 5.97 Å². The van der Waals surface area contributed by atoms with Crippen LogP contribution in [0.25, 0.3) is 16.5 Å². The lowest BCUT2D eigenvalue weighted by Gasteiger charge is -2.38. The molecule has 2 heterocycles. The zero-order valence-corrected chi connectivity index (χ0v) is 14.0. The van der Waals surface area contributed by atoms with Crippen molar-refractivity contribution in [3.05, 3.63) is 35.5 Å².